The van der Waals surface area contributed by atoms with Crippen LogP contribution in [0.25, 0.3) is 22.5 Å². The number of nitrogens with zero attached hydrogens (tertiary/aromatic N) is 3. The Labute approximate surface area is 171 Å². The minimum atomic E-state index is -0.572. The summed E-state index contributed by atoms with van der Waals surface area (Å²) in [5, 5.41) is 8.28. The first-order valence-corrected chi connectivity index (χ1v) is 9.28. The maximum atomic E-state index is 12.1. The third-order valence-corrected chi connectivity index (χ3v) is 4.74. The molecule has 0 aliphatic heterocycles. The second kappa shape index (κ2) is 8.12. The Morgan fingerprint density at radius 2 is 1.73 bits per heavy atom. The molecule has 3 aromatic heterocycles. The summed E-state index contributed by atoms with van der Waals surface area (Å²) in [4.78, 5) is 32.5. The highest BCUT2D eigenvalue weighted by Gasteiger charge is 2.12. The number of methoxy groups -OCH3 is 1. The molecule has 0 radical (unpaired) electrons. The zero-order valence-corrected chi connectivity index (χ0v) is 16.5. The molecule has 150 valence electrons. The minimum absolute atomic E-state index is 0.234. The molecular weight excluding hydrogens is 382 g/mol. The molecule has 0 unspecified atom stereocenters. The first-order valence-electron chi connectivity index (χ1n) is 9.28. The Morgan fingerprint density at radius 3 is 2.47 bits per heavy atom. The Balaban J connectivity index is 1.69. The predicted molar refractivity (Wildman–Crippen MR) is 112 cm³/mol. The lowest BCUT2D eigenvalue weighted by molar-refractivity contribution is 0.414. The number of hydrogen-bond acceptors (Lipinski definition) is 6. The van der Waals surface area contributed by atoms with Crippen LogP contribution >= 0.6 is 0 Å². The average Bonchev–Trinajstić information content (AvgIpc) is 2.75. The lowest BCUT2D eigenvalue weighted by atomic mass is 10.0. The van der Waals surface area contributed by atoms with E-state index in [1.807, 2.05) is 43.3 Å². The smallest absolute Gasteiger partial charge is 0.325 e. The quantitative estimate of drug-likeness (QED) is 0.531. The third kappa shape index (κ3) is 4.02. The summed E-state index contributed by atoms with van der Waals surface area (Å²) >= 11 is 0. The topological polar surface area (TPSA) is 114 Å². The molecule has 0 aliphatic carbocycles. The van der Waals surface area contributed by atoms with Crippen molar-refractivity contribution in [3.05, 3.63) is 92.5 Å². The van der Waals surface area contributed by atoms with E-state index in [1.54, 1.807) is 19.4 Å². The van der Waals surface area contributed by atoms with Gasteiger partial charge in [0.25, 0.3) is 5.56 Å². The number of nitrogens with one attached hydrogen (secondary N) is 2. The van der Waals surface area contributed by atoms with Gasteiger partial charge in [-0.1, -0.05) is 12.1 Å². The number of aryl methyl sites for hydroxylation is 1. The van der Waals surface area contributed by atoms with Crippen LogP contribution < -0.4 is 16.0 Å². The van der Waals surface area contributed by atoms with E-state index in [9.17, 15) is 9.59 Å². The summed E-state index contributed by atoms with van der Waals surface area (Å²) in [7, 11) is 1.64. The number of hydrogen-bond donors (Lipinski definition) is 2. The maximum absolute atomic E-state index is 12.1. The first kappa shape index (κ1) is 19.3. The fourth-order valence-electron chi connectivity index (χ4n) is 3.15. The van der Waals surface area contributed by atoms with Gasteiger partial charge in [0, 0.05) is 18.0 Å². The molecule has 8 heteroatoms. The first-order chi connectivity index (χ1) is 14.5. The zero-order valence-electron chi connectivity index (χ0n) is 16.5. The van der Waals surface area contributed by atoms with Crippen molar-refractivity contribution in [1.82, 2.24) is 25.1 Å². The van der Waals surface area contributed by atoms with E-state index in [-0.39, 0.29) is 5.56 Å². The van der Waals surface area contributed by atoms with Crippen molar-refractivity contribution in [3.63, 3.8) is 0 Å². The summed E-state index contributed by atoms with van der Waals surface area (Å²) in [6.07, 6.45) is 3.82. The number of benzene rings is 1. The van der Waals surface area contributed by atoms with Gasteiger partial charge in [0.2, 0.25) is 0 Å². The zero-order chi connectivity index (χ0) is 21.1. The highest BCUT2D eigenvalue weighted by atomic mass is 16.5. The molecule has 0 saturated heterocycles. The van der Waals surface area contributed by atoms with Gasteiger partial charge >= 0.3 is 5.69 Å². The van der Waals surface area contributed by atoms with Gasteiger partial charge < -0.3 is 9.72 Å². The number of H-pyrrole nitrogens is 2. The standard InChI is InChI=1S/C22H19N5O3/c1-13-17(11-20(27-26-13)18-12-24-22(29)25-21(18)28)19-10-15(7-8-23-19)9-14-3-5-16(30-2)6-4-14/h3-8,10-12H,9H2,1-2H3,(H2,24,25,28,29). The van der Waals surface area contributed by atoms with E-state index in [0.29, 0.717) is 11.4 Å². The molecule has 0 atom stereocenters. The second-order valence-corrected chi connectivity index (χ2v) is 6.79. The molecule has 0 aliphatic rings. The fraction of sp³-hybridized carbons (Fsp3) is 0.136. The van der Waals surface area contributed by atoms with Crippen LogP contribution in [0.15, 0.2) is 64.4 Å². The van der Waals surface area contributed by atoms with E-state index >= 15 is 0 Å². The van der Waals surface area contributed by atoms with Crippen molar-refractivity contribution in [1.29, 1.82) is 0 Å². The third-order valence-electron chi connectivity index (χ3n) is 4.74. The molecule has 0 fully saturated rings. The largest absolute Gasteiger partial charge is 0.497 e. The van der Waals surface area contributed by atoms with Crippen molar-refractivity contribution >= 4 is 0 Å². The minimum Gasteiger partial charge on any atom is -0.497 e. The van der Waals surface area contributed by atoms with Crippen LogP contribution in [-0.2, 0) is 6.42 Å². The number of aromatic nitrogens is 5. The van der Waals surface area contributed by atoms with Gasteiger partial charge in [0.05, 0.1) is 24.1 Å². The van der Waals surface area contributed by atoms with Crippen LogP contribution in [0.5, 0.6) is 5.75 Å². The molecule has 0 saturated carbocycles. The summed E-state index contributed by atoms with van der Waals surface area (Å²) in [5.41, 5.74) is 3.92. The number of ether oxygens (including phenoxy) is 1. The molecule has 0 amide bonds. The predicted octanol–water partition coefficient (Wildman–Crippen LogP) is 2.49. The molecule has 3 heterocycles. The molecule has 30 heavy (non-hydrogen) atoms. The Bertz CT molecular complexity index is 1310. The van der Waals surface area contributed by atoms with Crippen LogP contribution in [0.1, 0.15) is 16.8 Å². The van der Waals surface area contributed by atoms with E-state index in [1.165, 1.54) is 6.20 Å². The van der Waals surface area contributed by atoms with Gasteiger partial charge in [-0.05, 0) is 54.8 Å². The van der Waals surface area contributed by atoms with E-state index in [0.717, 1.165) is 34.6 Å². The molecule has 0 bridgehead atoms. The van der Waals surface area contributed by atoms with Crippen molar-refractivity contribution in [3.8, 4) is 28.3 Å². The average molecular weight is 401 g/mol. The number of rotatable bonds is 5. The van der Waals surface area contributed by atoms with Gasteiger partial charge in [-0.3, -0.25) is 14.8 Å². The normalized spacial score (nSPS) is 10.7. The van der Waals surface area contributed by atoms with Gasteiger partial charge in [0.1, 0.15) is 11.4 Å². The highest BCUT2D eigenvalue weighted by Crippen LogP contribution is 2.25. The van der Waals surface area contributed by atoms with E-state index in [4.69, 9.17) is 4.74 Å². The van der Waals surface area contributed by atoms with Gasteiger partial charge in [0.15, 0.2) is 0 Å². The molecule has 4 aromatic rings. The summed E-state index contributed by atoms with van der Waals surface area (Å²) in [5.74, 6) is 0.817. The Morgan fingerprint density at radius 1 is 0.933 bits per heavy atom. The summed E-state index contributed by atoms with van der Waals surface area (Å²) in [6, 6.07) is 13.6. The molecule has 4 rings (SSSR count). The molecular formula is C22H19N5O3. The number of pyridine rings is 1. The van der Waals surface area contributed by atoms with Crippen LogP contribution in [-0.4, -0.2) is 32.3 Å². The van der Waals surface area contributed by atoms with Crippen LogP contribution in [0.3, 0.4) is 0 Å². The fourth-order valence-corrected chi connectivity index (χ4v) is 3.15. The van der Waals surface area contributed by atoms with Crippen molar-refractivity contribution in [2.45, 2.75) is 13.3 Å². The molecule has 1 aromatic carbocycles. The number of aromatic amines is 2. The lowest BCUT2D eigenvalue weighted by Gasteiger charge is -2.09. The maximum Gasteiger partial charge on any atom is 0.325 e. The SMILES string of the molecule is COc1ccc(Cc2ccnc(-c3cc(-c4c[nH]c(=O)[nH]c4=O)nnc3C)c2)cc1. The Kier molecular flexibility index (Phi) is 5.21. The highest BCUT2D eigenvalue weighted by molar-refractivity contribution is 5.69. The van der Waals surface area contributed by atoms with Crippen LogP contribution in [0.4, 0.5) is 0 Å². The molecule has 0 spiro atoms. The van der Waals surface area contributed by atoms with E-state index < -0.39 is 11.2 Å². The van der Waals surface area contributed by atoms with Crippen molar-refractivity contribution in [2.75, 3.05) is 7.11 Å². The van der Waals surface area contributed by atoms with Crippen LogP contribution in [0.2, 0.25) is 0 Å². The van der Waals surface area contributed by atoms with Crippen molar-refractivity contribution in [2.24, 2.45) is 0 Å². The lowest BCUT2D eigenvalue weighted by Crippen LogP contribution is -2.23. The van der Waals surface area contributed by atoms with Crippen LogP contribution in [0, 0.1) is 6.92 Å². The van der Waals surface area contributed by atoms with Crippen molar-refractivity contribution < 1.29 is 4.74 Å². The van der Waals surface area contributed by atoms with Gasteiger partial charge in [-0.25, -0.2) is 4.79 Å². The van der Waals surface area contributed by atoms with E-state index in [2.05, 4.69) is 25.1 Å². The second-order valence-electron chi connectivity index (χ2n) is 6.79. The van der Waals surface area contributed by atoms with Gasteiger partial charge in [-0.2, -0.15) is 5.10 Å². The Hall–Kier alpha value is -4.07. The van der Waals surface area contributed by atoms with Gasteiger partial charge in [-0.15, -0.1) is 5.10 Å². The summed E-state index contributed by atoms with van der Waals surface area (Å²) in [6.45, 7) is 1.83. The molecule has 2 N–H and O–H groups in total. The summed E-state index contributed by atoms with van der Waals surface area (Å²) < 4.78 is 5.21. The molecule has 8 nitrogen and oxygen atoms in total. The monoisotopic (exact) mass is 401 g/mol.